The fourth-order valence-corrected chi connectivity index (χ4v) is 9.16. The highest BCUT2D eigenvalue weighted by atomic mass is 32.2. The van der Waals surface area contributed by atoms with Crippen LogP contribution in [0.3, 0.4) is 0 Å². The molecule has 0 radical (unpaired) electrons. The Morgan fingerprint density at radius 3 is 2.45 bits per heavy atom. The molecule has 1 aromatic heterocycles. The van der Waals surface area contributed by atoms with Crippen molar-refractivity contribution in [3.63, 3.8) is 0 Å². The average molecular weight is 538 g/mol. The van der Waals surface area contributed by atoms with E-state index in [9.17, 15) is 0 Å². The minimum atomic E-state index is -0.00203. The van der Waals surface area contributed by atoms with E-state index in [1.165, 1.54) is 85.3 Å². The molecule has 3 aromatic carbocycles. The molecule has 4 aromatic rings. The molecule has 1 aliphatic heterocycles. The summed E-state index contributed by atoms with van der Waals surface area (Å²) in [6.45, 7) is 11.2. The molecule has 1 unspecified atom stereocenters. The van der Waals surface area contributed by atoms with Gasteiger partial charge < -0.3 is 4.57 Å². The monoisotopic (exact) mass is 537 g/mol. The van der Waals surface area contributed by atoms with Crippen molar-refractivity contribution >= 4 is 45.3 Å². The Hall–Kier alpha value is -2.36. The van der Waals surface area contributed by atoms with Crippen LogP contribution in [0.5, 0.6) is 0 Å². The molecule has 0 spiro atoms. The van der Waals surface area contributed by atoms with E-state index in [1.54, 1.807) is 10.5 Å². The van der Waals surface area contributed by atoms with Gasteiger partial charge in [0.15, 0.2) is 0 Å². The zero-order valence-electron chi connectivity index (χ0n) is 23.7. The molecule has 1 atom stereocenters. The van der Waals surface area contributed by atoms with Crippen molar-refractivity contribution in [2.75, 3.05) is 0 Å². The van der Waals surface area contributed by atoms with Crippen molar-refractivity contribution in [3.8, 4) is 0 Å². The Balaban J connectivity index is 0.00000129. The van der Waals surface area contributed by atoms with Crippen LogP contribution in [0.15, 0.2) is 80.3 Å². The molecule has 0 amide bonds. The van der Waals surface area contributed by atoms with Gasteiger partial charge in [-0.1, -0.05) is 107 Å². The average Bonchev–Trinajstić information content (AvgIpc) is 3.21. The first kappa shape index (κ1) is 25.9. The van der Waals surface area contributed by atoms with E-state index in [0.717, 1.165) is 0 Å². The maximum atomic E-state index is 2.56. The van der Waals surface area contributed by atoms with Crippen LogP contribution in [0, 0.1) is 0 Å². The number of nitrogens with zero attached hydrogens (tertiary/aromatic N) is 1. The van der Waals surface area contributed by atoms with Gasteiger partial charge in [-0.25, -0.2) is 0 Å². The second-order valence-corrected chi connectivity index (χ2v) is 13.4. The van der Waals surface area contributed by atoms with Gasteiger partial charge >= 0.3 is 0 Å². The van der Waals surface area contributed by atoms with Crippen LogP contribution in [0.4, 0.5) is 0 Å². The molecule has 1 nitrogen and oxygen atoms in total. The summed E-state index contributed by atoms with van der Waals surface area (Å²) in [7, 11) is 2.26. The third kappa shape index (κ3) is 3.92. The summed E-state index contributed by atoms with van der Waals surface area (Å²) in [5.74, 6) is 0.480. The van der Waals surface area contributed by atoms with E-state index in [-0.39, 0.29) is 5.41 Å². The highest BCUT2D eigenvalue weighted by molar-refractivity contribution is 8.09. The Morgan fingerprint density at radius 1 is 0.895 bits per heavy atom. The zero-order chi connectivity index (χ0) is 26.6. The first-order valence-electron chi connectivity index (χ1n) is 14.4. The fraction of sp³-hybridized carbons (Fsp3) is 0.371. The highest BCUT2D eigenvalue weighted by Gasteiger charge is 2.37. The third-order valence-corrected chi connectivity index (χ3v) is 11.3. The summed E-state index contributed by atoms with van der Waals surface area (Å²) in [6, 6.07) is 19.3. The molecule has 38 heavy (non-hydrogen) atoms. The van der Waals surface area contributed by atoms with Gasteiger partial charge in [0.1, 0.15) is 0 Å². The zero-order valence-corrected chi connectivity index (χ0v) is 25.3. The quantitative estimate of drug-likeness (QED) is 0.256. The molecule has 196 valence electrons. The SMILES string of the molecule is CC.CCCCC1c2ccccc2C(C)(C)c2cc3c4cc5c(cc4n(C)c3cc21)SC1=C(CCC=C1)S5. The van der Waals surface area contributed by atoms with Crippen molar-refractivity contribution in [1.29, 1.82) is 0 Å². The van der Waals surface area contributed by atoms with E-state index in [4.69, 9.17) is 0 Å². The number of rotatable bonds is 3. The van der Waals surface area contributed by atoms with E-state index in [1.807, 2.05) is 37.4 Å². The predicted octanol–water partition coefficient (Wildman–Crippen LogP) is 11.1. The van der Waals surface area contributed by atoms with Gasteiger partial charge in [-0.2, -0.15) is 0 Å². The van der Waals surface area contributed by atoms with E-state index in [2.05, 4.69) is 93.1 Å². The van der Waals surface area contributed by atoms with Crippen molar-refractivity contribution in [2.45, 2.75) is 87.8 Å². The van der Waals surface area contributed by atoms with Crippen LogP contribution in [-0.4, -0.2) is 4.57 Å². The van der Waals surface area contributed by atoms with Gasteiger partial charge in [0.2, 0.25) is 0 Å². The Labute approximate surface area is 236 Å². The van der Waals surface area contributed by atoms with Crippen LogP contribution in [0.25, 0.3) is 21.8 Å². The van der Waals surface area contributed by atoms with Gasteiger partial charge in [0, 0.05) is 54.3 Å². The molecule has 7 rings (SSSR count). The van der Waals surface area contributed by atoms with Crippen molar-refractivity contribution in [2.24, 2.45) is 7.05 Å². The molecule has 3 heteroatoms. The molecule has 0 bridgehead atoms. The number of hydrogen-bond donors (Lipinski definition) is 0. The smallest absolute Gasteiger partial charge is 0.0500 e. The summed E-state index contributed by atoms with van der Waals surface area (Å²) in [6.07, 6.45) is 10.7. The van der Waals surface area contributed by atoms with Gasteiger partial charge in [0.05, 0.1) is 5.52 Å². The number of benzene rings is 3. The summed E-state index contributed by atoms with van der Waals surface area (Å²) in [4.78, 5) is 5.83. The second kappa shape index (κ2) is 9.99. The third-order valence-electron chi connectivity index (χ3n) is 8.68. The Kier molecular flexibility index (Phi) is 6.81. The molecule has 0 saturated heterocycles. The molecule has 3 aliphatic rings. The van der Waals surface area contributed by atoms with Gasteiger partial charge in [0.25, 0.3) is 0 Å². The molecular formula is C35H39NS2. The lowest BCUT2D eigenvalue weighted by molar-refractivity contribution is 0.554. The first-order chi connectivity index (χ1) is 18.5. The number of aromatic nitrogens is 1. The Bertz CT molecular complexity index is 1610. The summed E-state index contributed by atoms with van der Waals surface area (Å²) < 4.78 is 2.45. The summed E-state index contributed by atoms with van der Waals surface area (Å²) in [5, 5.41) is 2.81. The first-order valence-corrected chi connectivity index (χ1v) is 16.1. The minimum absolute atomic E-state index is 0.00203. The standard InChI is InChI=1S/C33H33NS2.C2H6/c1-5-6-11-20-21-12-7-8-13-25(21)33(2,3)26-16-23-24-18-31-32(36-30-15-10-9-14-29(30)35-31)19-28(24)34(4)27(23)17-22(20)26;1-2/h7-8,10,12-13,15-20H,5-6,9,11,14H2,1-4H3;1-2H3. The van der Waals surface area contributed by atoms with Crippen LogP contribution in [0.1, 0.15) is 94.9 Å². The van der Waals surface area contributed by atoms with Crippen molar-refractivity contribution in [3.05, 3.63) is 92.7 Å². The van der Waals surface area contributed by atoms with E-state index < -0.39 is 0 Å². The van der Waals surface area contributed by atoms with Crippen LogP contribution in [-0.2, 0) is 12.5 Å². The highest BCUT2D eigenvalue weighted by Crippen LogP contribution is 2.53. The summed E-state index contributed by atoms with van der Waals surface area (Å²) >= 11 is 3.96. The van der Waals surface area contributed by atoms with Gasteiger partial charge in [-0.15, -0.1) is 0 Å². The number of unbranched alkanes of at least 4 members (excludes halogenated alkanes) is 1. The molecule has 0 fully saturated rings. The lowest BCUT2D eigenvalue weighted by atomic mass is 9.64. The lowest BCUT2D eigenvalue weighted by Crippen LogP contribution is -2.29. The van der Waals surface area contributed by atoms with Crippen LogP contribution < -0.4 is 0 Å². The second-order valence-electron chi connectivity index (χ2n) is 11.2. The number of aryl methyl sites for hydroxylation is 1. The molecule has 0 saturated carbocycles. The van der Waals surface area contributed by atoms with Crippen molar-refractivity contribution < 1.29 is 0 Å². The predicted molar refractivity (Wildman–Crippen MR) is 169 cm³/mol. The summed E-state index contributed by atoms with van der Waals surface area (Å²) in [5.41, 5.74) is 8.82. The van der Waals surface area contributed by atoms with Gasteiger partial charge in [-0.05, 0) is 65.8 Å². The van der Waals surface area contributed by atoms with E-state index >= 15 is 0 Å². The molecular weight excluding hydrogens is 499 g/mol. The minimum Gasteiger partial charge on any atom is -0.344 e. The molecule has 2 aliphatic carbocycles. The van der Waals surface area contributed by atoms with Crippen LogP contribution >= 0.6 is 23.5 Å². The van der Waals surface area contributed by atoms with Crippen LogP contribution in [0.2, 0.25) is 0 Å². The number of thioether (sulfide) groups is 2. The van der Waals surface area contributed by atoms with E-state index in [0.29, 0.717) is 5.92 Å². The number of allylic oxidation sites excluding steroid dienone is 3. The number of fused-ring (bicyclic) bond motifs is 6. The molecule has 0 N–H and O–H groups in total. The fourth-order valence-electron chi connectivity index (χ4n) is 6.73. The topological polar surface area (TPSA) is 4.93 Å². The maximum absolute atomic E-state index is 2.56. The normalized spacial score (nSPS) is 18.9. The van der Waals surface area contributed by atoms with Gasteiger partial charge in [-0.3, -0.25) is 0 Å². The Morgan fingerprint density at radius 2 is 1.63 bits per heavy atom. The number of hydrogen-bond acceptors (Lipinski definition) is 2. The lowest BCUT2D eigenvalue weighted by Gasteiger charge is -2.40. The van der Waals surface area contributed by atoms with Crippen molar-refractivity contribution in [1.82, 2.24) is 4.57 Å². The molecule has 2 heterocycles. The largest absolute Gasteiger partial charge is 0.344 e. The maximum Gasteiger partial charge on any atom is 0.0500 e.